The van der Waals surface area contributed by atoms with Crippen LogP contribution in [0.3, 0.4) is 0 Å². The molecule has 2 N–H and O–H groups in total. The molecule has 0 aliphatic rings. The third-order valence-electron chi connectivity index (χ3n) is 2.44. The van der Waals surface area contributed by atoms with Crippen molar-refractivity contribution in [2.24, 2.45) is 0 Å². The second kappa shape index (κ2) is 8.11. The Hall–Kier alpha value is -1.07. The summed E-state index contributed by atoms with van der Waals surface area (Å²) in [5.74, 6) is -0.0332. The molecule has 0 fully saturated rings. The molecule has 1 aromatic rings. The van der Waals surface area contributed by atoms with Crippen LogP contribution in [-0.2, 0) is 4.74 Å². The number of rotatable bonds is 7. The van der Waals surface area contributed by atoms with Gasteiger partial charge in [0.05, 0.1) is 6.61 Å². The average Bonchev–Trinajstić information content (AvgIpc) is 2.36. The number of benzene rings is 1. The van der Waals surface area contributed by atoms with Crippen LogP contribution in [-0.4, -0.2) is 36.1 Å². The fourth-order valence-electron chi connectivity index (χ4n) is 1.39. The lowest BCUT2D eigenvalue weighted by Crippen LogP contribution is -2.25. The molecule has 1 rings (SSSR count). The number of aromatic hydroxyl groups is 1. The quantitative estimate of drug-likeness (QED) is 0.599. The Bertz CT molecular complexity index is 396. The molecule has 0 spiro atoms. The fraction of sp³-hybridized carbons (Fsp3) is 0.462. The van der Waals surface area contributed by atoms with Crippen molar-refractivity contribution >= 4 is 21.8 Å². The largest absolute Gasteiger partial charge is 0.508 e. The van der Waals surface area contributed by atoms with Gasteiger partial charge in [0.1, 0.15) is 5.75 Å². The minimum Gasteiger partial charge on any atom is -0.508 e. The number of phenolic OH excluding ortho intramolecular Hbond substituents is 1. The Labute approximate surface area is 115 Å². The van der Waals surface area contributed by atoms with Crippen LogP contribution in [0, 0.1) is 6.92 Å². The molecular weight excluding hydrogens is 298 g/mol. The lowest BCUT2D eigenvalue weighted by Gasteiger charge is -2.07. The third kappa shape index (κ3) is 5.06. The van der Waals surface area contributed by atoms with Crippen LogP contribution in [0.25, 0.3) is 0 Å². The van der Waals surface area contributed by atoms with E-state index in [1.54, 1.807) is 19.1 Å². The van der Waals surface area contributed by atoms with Crippen LogP contribution in [0.15, 0.2) is 18.2 Å². The number of aryl methyl sites for hydroxylation is 1. The van der Waals surface area contributed by atoms with Crippen LogP contribution in [0.2, 0.25) is 0 Å². The first kappa shape index (κ1) is 15.0. The molecule has 0 aliphatic carbocycles. The zero-order chi connectivity index (χ0) is 13.4. The van der Waals surface area contributed by atoms with Gasteiger partial charge in [-0.1, -0.05) is 22.0 Å². The summed E-state index contributed by atoms with van der Waals surface area (Å²) in [6.07, 6.45) is 0.774. The Balaban J connectivity index is 2.30. The fourth-order valence-corrected chi connectivity index (χ4v) is 1.61. The molecule has 0 heterocycles. The Morgan fingerprint density at radius 1 is 1.44 bits per heavy atom. The van der Waals surface area contributed by atoms with Crippen LogP contribution >= 0.6 is 15.9 Å². The van der Waals surface area contributed by atoms with Gasteiger partial charge in [0.15, 0.2) is 0 Å². The molecule has 5 heteroatoms. The Morgan fingerprint density at radius 2 is 2.22 bits per heavy atom. The van der Waals surface area contributed by atoms with E-state index < -0.39 is 0 Å². The second-order valence-corrected chi connectivity index (χ2v) is 4.71. The van der Waals surface area contributed by atoms with E-state index in [1.807, 2.05) is 0 Å². The average molecular weight is 316 g/mol. The number of phenols is 1. The van der Waals surface area contributed by atoms with Crippen molar-refractivity contribution in [1.82, 2.24) is 5.32 Å². The first-order valence-corrected chi connectivity index (χ1v) is 6.99. The Morgan fingerprint density at radius 3 is 2.89 bits per heavy atom. The van der Waals surface area contributed by atoms with Crippen molar-refractivity contribution in [1.29, 1.82) is 0 Å². The standard InChI is InChI=1S/C13H18BrNO3/c1-10-3-4-11(9-12(10)16)13(17)15-6-2-7-18-8-5-14/h3-4,9,16H,2,5-8H2,1H3,(H,15,17). The van der Waals surface area contributed by atoms with E-state index >= 15 is 0 Å². The van der Waals surface area contributed by atoms with Crippen LogP contribution < -0.4 is 5.32 Å². The number of hydrogen-bond acceptors (Lipinski definition) is 3. The van der Waals surface area contributed by atoms with E-state index in [0.29, 0.717) is 25.3 Å². The monoisotopic (exact) mass is 315 g/mol. The van der Waals surface area contributed by atoms with E-state index in [-0.39, 0.29) is 11.7 Å². The van der Waals surface area contributed by atoms with Crippen LogP contribution in [0.5, 0.6) is 5.75 Å². The number of nitrogens with one attached hydrogen (secondary N) is 1. The molecular formula is C13H18BrNO3. The molecule has 0 saturated heterocycles. The lowest BCUT2D eigenvalue weighted by atomic mass is 10.1. The van der Waals surface area contributed by atoms with Crippen molar-refractivity contribution in [3.8, 4) is 5.75 Å². The molecule has 0 saturated carbocycles. The number of carbonyl (C=O) groups is 1. The first-order valence-electron chi connectivity index (χ1n) is 5.86. The lowest BCUT2D eigenvalue weighted by molar-refractivity contribution is 0.0944. The van der Waals surface area contributed by atoms with Gasteiger partial charge in [0.25, 0.3) is 5.91 Å². The first-order chi connectivity index (χ1) is 8.65. The van der Waals surface area contributed by atoms with E-state index in [0.717, 1.165) is 17.3 Å². The van der Waals surface area contributed by atoms with Crippen molar-refractivity contribution in [2.75, 3.05) is 25.1 Å². The molecule has 0 aromatic heterocycles. The zero-order valence-electron chi connectivity index (χ0n) is 10.4. The van der Waals surface area contributed by atoms with Crippen LogP contribution in [0.1, 0.15) is 22.3 Å². The van der Waals surface area contributed by atoms with Gasteiger partial charge >= 0.3 is 0 Å². The normalized spacial score (nSPS) is 10.3. The number of carbonyl (C=O) groups excluding carboxylic acids is 1. The minimum absolute atomic E-state index is 0.142. The predicted octanol–water partition coefficient (Wildman–Crippen LogP) is 2.23. The summed E-state index contributed by atoms with van der Waals surface area (Å²) in [5, 5.41) is 13.1. The highest BCUT2D eigenvalue weighted by molar-refractivity contribution is 9.09. The number of halogens is 1. The van der Waals surface area contributed by atoms with Gasteiger partial charge in [-0.3, -0.25) is 4.79 Å². The van der Waals surface area contributed by atoms with Gasteiger partial charge < -0.3 is 15.2 Å². The van der Waals surface area contributed by atoms with Gasteiger partial charge in [-0.2, -0.15) is 0 Å². The van der Waals surface area contributed by atoms with Gasteiger partial charge in [-0.05, 0) is 31.0 Å². The summed E-state index contributed by atoms with van der Waals surface area (Å²) >= 11 is 3.27. The van der Waals surface area contributed by atoms with Crippen LogP contribution in [0.4, 0.5) is 0 Å². The van der Waals surface area contributed by atoms with Crippen molar-refractivity contribution in [3.05, 3.63) is 29.3 Å². The van der Waals surface area contributed by atoms with E-state index in [1.165, 1.54) is 6.07 Å². The SMILES string of the molecule is Cc1ccc(C(=O)NCCCOCCBr)cc1O. The maximum atomic E-state index is 11.7. The number of alkyl halides is 1. The predicted molar refractivity (Wildman–Crippen MR) is 74.4 cm³/mol. The van der Waals surface area contributed by atoms with Crippen molar-refractivity contribution < 1.29 is 14.6 Å². The highest BCUT2D eigenvalue weighted by Crippen LogP contribution is 2.17. The summed E-state index contributed by atoms with van der Waals surface area (Å²) in [5.41, 5.74) is 1.23. The molecule has 0 radical (unpaired) electrons. The summed E-state index contributed by atoms with van der Waals surface area (Å²) in [4.78, 5) is 11.7. The summed E-state index contributed by atoms with van der Waals surface area (Å²) < 4.78 is 5.27. The maximum Gasteiger partial charge on any atom is 0.251 e. The molecule has 0 aliphatic heterocycles. The number of hydrogen-bond donors (Lipinski definition) is 2. The van der Waals surface area contributed by atoms with Crippen molar-refractivity contribution in [3.63, 3.8) is 0 Å². The summed E-state index contributed by atoms with van der Waals surface area (Å²) in [6.45, 7) is 3.67. The molecule has 0 bridgehead atoms. The molecule has 1 aromatic carbocycles. The zero-order valence-corrected chi connectivity index (χ0v) is 12.0. The molecule has 0 atom stereocenters. The van der Waals surface area contributed by atoms with Gasteiger partial charge in [0, 0.05) is 24.0 Å². The Kier molecular flexibility index (Phi) is 6.75. The number of amides is 1. The van der Waals surface area contributed by atoms with E-state index in [4.69, 9.17) is 4.74 Å². The molecule has 1 amide bonds. The summed E-state index contributed by atoms with van der Waals surface area (Å²) in [6, 6.07) is 4.90. The molecule has 0 unspecified atom stereocenters. The van der Waals surface area contributed by atoms with Crippen molar-refractivity contribution in [2.45, 2.75) is 13.3 Å². The highest BCUT2D eigenvalue weighted by atomic mass is 79.9. The maximum absolute atomic E-state index is 11.7. The van der Waals surface area contributed by atoms with E-state index in [9.17, 15) is 9.90 Å². The second-order valence-electron chi connectivity index (χ2n) is 3.91. The van der Waals surface area contributed by atoms with Gasteiger partial charge in [-0.15, -0.1) is 0 Å². The topological polar surface area (TPSA) is 58.6 Å². The van der Waals surface area contributed by atoms with Gasteiger partial charge in [0.2, 0.25) is 0 Å². The third-order valence-corrected chi connectivity index (χ3v) is 2.77. The summed E-state index contributed by atoms with van der Waals surface area (Å²) in [7, 11) is 0. The van der Waals surface area contributed by atoms with Gasteiger partial charge in [-0.25, -0.2) is 0 Å². The molecule has 4 nitrogen and oxygen atoms in total. The minimum atomic E-state index is -0.175. The van der Waals surface area contributed by atoms with E-state index in [2.05, 4.69) is 21.2 Å². The number of ether oxygens (including phenoxy) is 1. The molecule has 100 valence electrons. The smallest absolute Gasteiger partial charge is 0.251 e. The highest BCUT2D eigenvalue weighted by Gasteiger charge is 2.06. The molecule has 18 heavy (non-hydrogen) atoms.